The number of carbonyl (C=O) groups excluding carboxylic acids is 1. The summed E-state index contributed by atoms with van der Waals surface area (Å²) < 4.78 is 33.6. The van der Waals surface area contributed by atoms with Crippen LogP contribution in [-0.2, 0) is 11.3 Å². The number of aromatic nitrogens is 1. The average Bonchev–Trinajstić information content (AvgIpc) is 2.92. The minimum atomic E-state index is -5.08. The minimum absolute atomic E-state index is 0.0102. The Balaban J connectivity index is 0.000000298. The normalized spacial score (nSPS) is 17.7. The molecule has 3 rings (SSSR count). The van der Waals surface area contributed by atoms with Gasteiger partial charge in [-0.2, -0.15) is 18.4 Å². The Morgan fingerprint density at radius 3 is 2.62 bits per heavy atom. The summed E-state index contributed by atoms with van der Waals surface area (Å²) in [6.07, 6.45) is 2.99. The molecule has 1 aromatic heterocycles. The minimum Gasteiger partial charge on any atom is -0.475 e. The van der Waals surface area contributed by atoms with Gasteiger partial charge < -0.3 is 20.3 Å². The summed E-state index contributed by atoms with van der Waals surface area (Å²) >= 11 is 0. The fourth-order valence-electron chi connectivity index (χ4n) is 2.71. The summed E-state index contributed by atoms with van der Waals surface area (Å²) in [5, 5.41) is 15.8. The van der Waals surface area contributed by atoms with Crippen LogP contribution in [0.5, 0.6) is 0 Å². The van der Waals surface area contributed by atoms with Gasteiger partial charge in [0, 0.05) is 31.6 Å². The molecule has 0 bridgehead atoms. The van der Waals surface area contributed by atoms with Gasteiger partial charge in [-0.1, -0.05) is 0 Å². The number of allylic oxidation sites excluding steroid dienone is 1. The predicted octanol–water partition coefficient (Wildman–Crippen LogP) is 2.03. The van der Waals surface area contributed by atoms with Crippen LogP contribution < -0.4 is 5.73 Å². The van der Waals surface area contributed by atoms with Crippen molar-refractivity contribution in [3.05, 3.63) is 41.0 Å². The Morgan fingerprint density at radius 1 is 1.46 bits per heavy atom. The highest BCUT2D eigenvalue weighted by Crippen LogP contribution is 2.38. The third-order valence-electron chi connectivity index (χ3n) is 3.89. The summed E-state index contributed by atoms with van der Waals surface area (Å²) in [7, 11) is 1.96. The van der Waals surface area contributed by atoms with Crippen molar-refractivity contribution in [1.82, 2.24) is 9.47 Å². The Bertz CT molecular complexity index is 846. The highest BCUT2D eigenvalue weighted by molar-refractivity contribution is 6.10. The van der Waals surface area contributed by atoms with Crippen LogP contribution in [0.2, 0.25) is 0 Å². The molecule has 0 saturated carbocycles. The zero-order chi connectivity index (χ0) is 19.6. The molecule has 1 unspecified atom stereocenters. The van der Waals surface area contributed by atoms with Crippen molar-refractivity contribution in [2.75, 3.05) is 7.05 Å². The number of nitriles is 1. The Labute approximate surface area is 146 Å². The van der Waals surface area contributed by atoms with Crippen LogP contribution in [0.4, 0.5) is 13.2 Å². The fourth-order valence-corrected chi connectivity index (χ4v) is 2.71. The second kappa shape index (κ2) is 6.95. The molecule has 3 N–H and O–H groups in total. The van der Waals surface area contributed by atoms with Crippen LogP contribution in [0.1, 0.15) is 34.1 Å². The van der Waals surface area contributed by atoms with E-state index in [-0.39, 0.29) is 17.5 Å². The van der Waals surface area contributed by atoms with Gasteiger partial charge in [0.2, 0.25) is 5.78 Å². The smallest absolute Gasteiger partial charge is 0.475 e. The number of aryl methyl sites for hydroxylation is 1. The summed E-state index contributed by atoms with van der Waals surface area (Å²) in [4.78, 5) is 23.2. The number of ketones is 1. The third-order valence-corrected chi connectivity index (χ3v) is 3.89. The van der Waals surface area contributed by atoms with Crippen molar-refractivity contribution >= 4 is 17.8 Å². The summed E-state index contributed by atoms with van der Waals surface area (Å²) in [6.45, 7) is 0.516. The first-order valence-electron chi connectivity index (χ1n) is 7.40. The van der Waals surface area contributed by atoms with E-state index in [1.807, 2.05) is 35.0 Å². The van der Waals surface area contributed by atoms with E-state index in [4.69, 9.17) is 20.9 Å². The quantitative estimate of drug-likeness (QED) is 0.826. The SMILES string of the molecule is CN1C=Cc2cn(CCC#N)c3c2C1C=C(N)C3=O.O=C(O)C(F)(F)F. The van der Waals surface area contributed by atoms with Crippen LogP contribution in [-0.4, -0.2) is 39.6 Å². The molecule has 0 radical (unpaired) electrons. The van der Waals surface area contributed by atoms with Gasteiger partial charge >= 0.3 is 12.1 Å². The number of carboxylic acid groups (broad SMARTS) is 1. The number of hydrogen-bond acceptors (Lipinski definition) is 5. The van der Waals surface area contributed by atoms with Crippen LogP contribution in [0.25, 0.3) is 6.08 Å². The Hall–Kier alpha value is -3.22. The first kappa shape index (κ1) is 19.1. The summed E-state index contributed by atoms with van der Waals surface area (Å²) in [6, 6.07) is 2.12. The molecular weight excluding hydrogens is 353 g/mol. The second-order valence-corrected chi connectivity index (χ2v) is 5.63. The van der Waals surface area contributed by atoms with Crippen molar-refractivity contribution in [2.45, 2.75) is 25.2 Å². The lowest BCUT2D eigenvalue weighted by atomic mass is 9.90. The van der Waals surface area contributed by atoms with Crippen LogP contribution in [0, 0.1) is 11.3 Å². The van der Waals surface area contributed by atoms with E-state index in [1.165, 1.54) is 0 Å². The summed E-state index contributed by atoms with van der Waals surface area (Å²) in [5.41, 5.74) is 8.78. The van der Waals surface area contributed by atoms with Gasteiger partial charge in [-0.05, 0) is 17.7 Å². The molecule has 138 valence electrons. The number of nitrogens with zero attached hydrogens (tertiary/aromatic N) is 3. The van der Waals surface area contributed by atoms with Crippen LogP contribution in [0.15, 0.2) is 24.2 Å². The molecule has 2 heterocycles. The first-order chi connectivity index (χ1) is 12.1. The molecule has 7 nitrogen and oxygen atoms in total. The van der Waals surface area contributed by atoms with Crippen molar-refractivity contribution < 1.29 is 27.9 Å². The number of hydrogen-bond donors (Lipinski definition) is 2. The van der Waals surface area contributed by atoms with E-state index in [0.29, 0.717) is 18.7 Å². The number of alkyl halides is 3. The topological polar surface area (TPSA) is 112 Å². The van der Waals surface area contributed by atoms with Gasteiger partial charge in [-0.3, -0.25) is 4.79 Å². The number of halogens is 3. The van der Waals surface area contributed by atoms with Crippen molar-refractivity contribution in [2.24, 2.45) is 5.73 Å². The van der Waals surface area contributed by atoms with Crippen molar-refractivity contribution in [3.8, 4) is 6.07 Å². The highest BCUT2D eigenvalue weighted by Gasteiger charge is 2.38. The van der Waals surface area contributed by atoms with Gasteiger partial charge in [0.25, 0.3) is 0 Å². The molecule has 0 fully saturated rings. The lowest BCUT2D eigenvalue weighted by Crippen LogP contribution is -2.30. The van der Waals surface area contributed by atoms with E-state index >= 15 is 0 Å². The Morgan fingerprint density at radius 2 is 2.08 bits per heavy atom. The van der Waals surface area contributed by atoms with Gasteiger partial charge in [0.05, 0.1) is 29.9 Å². The molecule has 1 aliphatic carbocycles. The van der Waals surface area contributed by atoms with Crippen LogP contribution in [0.3, 0.4) is 0 Å². The highest BCUT2D eigenvalue weighted by atomic mass is 19.4. The molecule has 26 heavy (non-hydrogen) atoms. The maximum atomic E-state index is 12.3. The van der Waals surface area contributed by atoms with Crippen molar-refractivity contribution in [3.63, 3.8) is 0 Å². The molecule has 0 aromatic carbocycles. The van der Waals surface area contributed by atoms with E-state index in [0.717, 1.165) is 11.1 Å². The molecule has 2 aliphatic rings. The molecule has 1 aromatic rings. The van der Waals surface area contributed by atoms with Gasteiger partial charge in [-0.15, -0.1) is 0 Å². The first-order valence-corrected chi connectivity index (χ1v) is 7.40. The zero-order valence-corrected chi connectivity index (χ0v) is 13.6. The molecule has 10 heteroatoms. The number of carbonyl (C=O) groups is 2. The monoisotopic (exact) mass is 368 g/mol. The third kappa shape index (κ3) is 3.56. The number of rotatable bonds is 2. The lowest BCUT2D eigenvalue weighted by Gasteiger charge is -2.31. The number of likely N-dealkylation sites (N-methyl/N-ethyl adjacent to an activating group) is 1. The second-order valence-electron chi connectivity index (χ2n) is 5.63. The van der Waals surface area contributed by atoms with Crippen molar-refractivity contribution in [1.29, 1.82) is 5.26 Å². The molecule has 1 aliphatic heterocycles. The maximum Gasteiger partial charge on any atom is 0.490 e. The number of aliphatic carboxylic acids is 1. The van der Waals surface area contributed by atoms with Gasteiger partial charge in [0.15, 0.2) is 0 Å². The Kier molecular flexibility index (Phi) is 5.11. The lowest BCUT2D eigenvalue weighted by molar-refractivity contribution is -0.192. The number of nitrogens with two attached hydrogens (primary N) is 1. The molecular formula is C16H15F3N4O3. The molecule has 0 spiro atoms. The molecule has 0 amide bonds. The van der Waals surface area contributed by atoms with E-state index < -0.39 is 12.1 Å². The number of Topliss-reactive ketones (excluding diaryl/α,β-unsaturated/α-hetero) is 1. The average molecular weight is 368 g/mol. The maximum absolute atomic E-state index is 12.3. The van der Waals surface area contributed by atoms with E-state index in [2.05, 4.69) is 6.07 Å². The van der Waals surface area contributed by atoms with Gasteiger partial charge in [0.1, 0.15) is 0 Å². The van der Waals surface area contributed by atoms with E-state index in [9.17, 15) is 18.0 Å². The zero-order valence-electron chi connectivity index (χ0n) is 13.6. The molecule has 1 atom stereocenters. The standard InChI is InChI=1S/C14H14N4O.C2HF3O2/c1-17-6-3-9-8-18(5-2-4-15)13-12(9)11(17)7-10(16)14(13)19;3-2(4,5)1(6)7/h3,6-8,11H,2,5,16H2,1H3;(H,6,7). The predicted molar refractivity (Wildman–Crippen MR) is 84.5 cm³/mol. The van der Waals surface area contributed by atoms with Crippen LogP contribution >= 0.6 is 0 Å². The van der Waals surface area contributed by atoms with Gasteiger partial charge in [-0.25, -0.2) is 4.79 Å². The molecule has 0 saturated heterocycles. The summed E-state index contributed by atoms with van der Waals surface area (Å²) in [5.74, 6) is -2.90. The fraction of sp³-hybridized carbons (Fsp3) is 0.312. The number of carboxylic acids is 1. The largest absolute Gasteiger partial charge is 0.490 e. The van der Waals surface area contributed by atoms with E-state index in [1.54, 1.807) is 6.08 Å².